The van der Waals surface area contributed by atoms with Crippen LogP contribution < -0.4 is 0 Å². The maximum Gasteiger partial charge on any atom is 0.106 e. The Morgan fingerprint density at radius 3 is 2.38 bits per heavy atom. The highest BCUT2D eigenvalue weighted by molar-refractivity contribution is 5.00. The Morgan fingerprint density at radius 2 is 2.08 bits per heavy atom. The molecule has 74 valence electrons. The fourth-order valence-corrected chi connectivity index (χ4v) is 1.25. The van der Waals surface area contributed by atoms with Crippen LogP contribution in [0, 0.1) is 6.92 Å². The molecule has 13 heavy (non-hydrogen) atoms. The van der Waals surface area contributed by atoms with Crippen LogP contribution in [0.3, 0.4) is 0 Å². The summed E-state index contributed by atoms with van der Waals surface area (Å²) < 4.78 is 7.13. The van der Waals surface area contributed by atoms with Crippen LogP contribution in [-0.2, 0) is 10.3 Å². The highest BCUT2D eigenvalue weighted by Gasteiger charge is 2.35. The van der Waals surface area contributed by atoms with Crippen LogP contribution in [0.1, 0.15) is 26.5 Å². The number of aryl methyl sites for hydroxylation is 1. The first-order valence-electron chi connectivity index (χ1n) is 4.81. The minimum atomic E-state index is 0.119. The Balaban J connectivity index is 0.000000396. The van der Waals surface area contributed by atoms with E-state index in [1.54, 1.807) is 0 Å². The van der Waals surface area contributed by atoms with Crippen LogP contribution in [0.2, 0.25) is 0 Å². The van der Waals surface area contributed by atoms with Gasteiger partial charge in [-0.05, 0) is 19.9 Å². The maximum absolute atomic E-state index is 5.14. The van der Waals surface area contributed by atoms with E-state index >= 15 is 0 Å². The Morgan fingerprint density at radius 1 is 1.46 bits per heavy atom. The summed E-state index contributed by atoms with van der Waals surface area (Å²) in [5.41, 5.74) is 1.19. The molecule has 0 radical (unpaired) electrons. The summed E-state index contributed by atoms with van der Waals surface area (Å²) in [5, 5.41) is 4.34. The molecule has 1 fully saturated rings. The van der Waals surface area contributed by atoms with E-state index < -0.39 is 0 Å². The summed E-state index contributed by atoms with van der Waals surface area (Å²) in [7, 11) is 0. The third kappa shape index (κ3) is 1.91. The van der Waals surface area contributed by atoms with Crippen molar-refractivity contribution in [3.8, 4) is 0 Å². The molecule has 3 heteroatoms. The monoisotopic (exact) mass is 182 g/mol. The Labute approximate surface area is 79.7 Å². The van der Waals surface area contributed by atoms with Gasteiger partial charge in [-0.1, -0.05) is 13.8 Å². The van der Waals surface area contributed by atoms with Gasteiger partial charge in [-0.15, -0.1) is 0 Å². The van der Waals surface area contributed by atoms with Crippen LogP contribution in [0.15, 0.2) is 12.3 Å². The summed E-state index contributed by atoms with van der Waals surface area (Å²) in [6.07, 6.45) is 2.01. The van der Waals surface area contributed by atoms with E-state index in [2.05, 4.69) is 12.0 Å². The minimum absolute atomic E-state index is 0.119. The molecule has 0 spiro atoms. The van der Waals surface area contributed by atoms with Gasteiger partial charge >= 0.3 is 0 Å². The van der Waals surface area contributed by atoms with Gasteiger partial charge in [-0.25, -0.2) is 0 Å². The van der Waals surface area contributed by atoms with Crippen molar-refractivity contribution in [2.75, 3.05) is 13.2 Å². The SMILES string of the molecule is CC.Cc1ccn(C2(C)COC2)n1. The van der Waals surface area contributed by atoms with Crippen molar-refractivity contribution in [3.63, 3.8) is 0 Å². The molecule has 0 N–H and O–H groups in total. The quantitative estimate of drug-likeness (QED) is 0.664. The average Bonchev–Trinajstić information content (AvgIpc) is 2.52. The molecule has 0 atom stereocenters. The van der Waals surface area contributed by atoms with Gasteiger partial charge < -0.3 is 4.74 Å². The number of nitrogens with zero attached hydrogens (tertiary/aromatic N) is 2. The van der Waals surface area contributed by atoms with Crippen LogP contribution in [0.25, 0.3) is 0 Å². The summed E-state index contributed by atoms with van der Waals surface area (Å²) in [5.74, 6) is 0. The lowest BCUT2D eigenvalue weighted by atomic mass is 10.0. The van der Waals surface area contributed by atoms with Gasteiger partial charge in [-0.3, -0.25) is 4.68 Å². The van der Waals surface area contributed by atoms with E-state index in [0.29, 0.717) is 0 Å². The van der Waals surface area contributed by atoms with E-state index in [-0.39, 0.29) is 5.54 Å². The third-order valence-corrected chi connectivity index (χ3v) is 2.10. The van der Waals surface area contributed by atoms with Gasteiger partial charge in [0.25, 0.3) is 0 Å². The Kier molecular flexibility index (Phi) is 3.09. The van der Waals surface area contributed by atoms with Crippen molar-refractivity contribution in [1.29, 1.82) is 0 Å². The van der Waals surface area contributed by atoms with Crippen LogP contribution >= 0.6 is 0 Å². The van der Waals surface area contributed by atoms with Gasteiger partial charge in [0.15, 0.2) is 0 Å². The summed E-state index contributed by atoms with van der Waals surface area (Å²) in [6.45, 7) is 9.73. The summed E-state index contributed by atoms with van der Waals surface area (Å²) in [6, 6.07) is 2.02. The highest BCUT2D eigenvalue weighted by atomic mass is 16.5. The first-order valence-corrected chi connectivity index (χ1v) is 4.81. The molecule has 0 aliphatic carbocycles. The Hall–Kier alpha value is -0.830. The second-order valence-corrected chi connectivity index (χ2v) is 3.39. The molecule has 1 aliphatic rings. The Bertz CT molecular complexity index is 264. The van der Waals surface area contributed by atoms with Gasteiger partial charge in [0.05, 0.1) is 18.9 Å². The van der Waals surface area contributed by atoms with Crippen molar-refractivity contribution in [2.24, 2.45) is 0 Å². The molecule has 1 aliphatic heterocycles. The van der Waals surface area contributed by atoms with Gasteiger partial charge in [0.1, 0.15) is 5.54 Å². The van der Waals surface area contributed by atoms with Gasteiger partial charge in [0, 0.05) is 6.20 Å². The fraction of sp³-hybridized carbons (Fsp3) is 0.700. The molecule has 1 aromatic heterocycles. The normalized spacial score (nSPS) is 18.5. The molecular weight excluding hydrogens is 164 g/mol. The molecule has 1 saturated heterocycles. The molecule has 0 unspecified atom stereocenters. The summed E-state index contributed by atoms with van der Waals surface area (Å²) >= 11 is 0. The third-order valence-electron chi connectivity index (χ3n) is 2.10. The molecule has 0 bridgehead atoms. The molecule has 3 nitrogen and oxygen atoms in total. The second kappa shape index (κ2) is 3.92. The fourth-order valence-electron chi connectivity index (χ4n) is 1.25. The van der Waals surface area contributed by atoms with E-state index in [1.807, 2.05) is 37.7 Å². The van der Waals surface area contributed by atoms with Crippen LogP contribution in [0.4, 0.5) is 0 Å². The van der Waals surface area contributed by atoms with E-state index in [0.717, 1.165) is 18.9 Å². The smallest absolute Gasteiger partial charge is 0.106 e. The molecular formula is C10H18N2O. The highest BCUT2D eigenvalue weighted by Crippen LogP contribution is 2.24. The maximum atomic E-state index is 5.14. The lowest BCUT2D eigenvalue weighted by molar-refractivity contribution is -0.0959. The van der Waals surface area contributed by atoms with Crippen molar-refractivity contribution >= 4 is 0 Å². The van der Waals surface area contributed by atoms with Crippen molar-refractivity contribution in [2.45, 2.75) is 33.2 Å². The molecule has 2 rings (SSSR count). The topological polar surface area (TPSA) is 27.1 Å². The standard InChI is InChI=1S/C8H12N2O.C2H6/c1-7-3-4-10(9-7)8(2)5-11-6-8;1-2/h3-4H,5-6H2,1-2H3;1-2H3. The van der Waals surface area contributed by atoms with Crippen molar-refractivity contribution < 1.29 is 4.74 Å². The van der Waals surface area contributed by atoms with Gasteiger partial charge in [0.2, 0.25) is 0 Å². The zero-order valence-electron chi connectivity index (χ0n) is 8.87. The average molecular weight is 182 g/mol. The van der Waals surface area contributed by atoms with Crippen molar-refractivity contribution in [1.82, 2.24) is 9.78 Å². The summed E-state index contributed by atoms with van der Waals surface area (Å²) in [4.78, 5) is 0. The van der Waals surface area contributed by atoms with E-state index in [4.69, 9.17) is 4.74 Å². The predicted octanol–water partition coefficient (Wildman–Crippen LogP) is 1.96. The first-order chi connectivity index (χ1) is 6.21. The van der Waals surface area contributed by atoms with Crippen LogP contribution in [-0.4, -0.2) is 23.0 Å². The largest absolute Gasteiger partial charge is 0.376 e. The molecule has 1 aromatic rings. The molecule has 0 saturated carbocycles. The van der Waals surface area contributed by atoms with Gasteiger partial charge in [-0.2, -0.15) is 5.10 Å². The zero-order valence-corrected chi connectivity index (χ0v) is 8.87. The molecule has 0 aromatic carbocycles. The van der Waals surface area contributed by atoms with Crippen molar-refractivity contribution in [3.05, 3.63) is 18.0 Å². The molecule has 0 amide bonds. The lowest BCUT2D eigenvalue weighted by Gasteiger charge is -2.38. The number of hydrogen-bond donors (Lipinski definition) is 0. The number of hydrogen-bond acceptors (Lipinski definition) is 2. The first kappa shape index (κ1) is 10.3. The van der Waals surface area contributed by atoms with E-state index in [9.17, 15) is 0 Å². The number of aromatic nitrogens is 2. The van der Waals surface area contributed by atoms with Crippen LogP contribution in [0.5, 0.6) is 0 Å². The minimum Gasteiger partial charge on any atom is -0.376 e. The number of rotatable bonds is 1. The molecule has 2 heterocycles. The number of ether oxygens (including phenoxy) is 1. The predicted molar refractivity (Wildman–Crippen MR) is 52.8 cm³/mol. The second-order valence-electron chi connectivity index (χ2n) is 3.39. The zero-order chi connectivity index (χ0) is 9.90. The van der Waals surface area contributed by atoms with E-state index in [1.165, 1.54) is 0 Å². The lowest BCUT2D eigenvalue weighted by Crippen LogP contribution is -2.49.